The first-order valence-corrected chi connectivity index (χ1v) is 10.3. The number of hydrogen-bond donors (Lipinski definition) is 2. The Labute approximate surface area is 173 Å². The van der Waals surface area contributed by atoms with Crippen molar-refractivity contribution >= 4 is 23.2 Å². The van der Waals surface area contributed by atoms with Crippen LogP contribution in [-0.2, 0) is 6.42 Å². The van der Waals surface area contributed by atoms with Gasteiger partial charge in [-0.3, -0.25) is 9.59 Å². The number of benzene rings is 2. The van der Waals surface area contributed by atoms with Crippen LogP contribution in [0.3, 0.4) is 0 Å². The minimum absolute atomic E-state index is 0.104. The summed E-state index contributed by atoms with van der Waals surface area (Å²) in [5.41, 5.74) is 7.29. The molecule has 7 heteroatoms. The summed E-state index contributed by atoms with van der Waals surface area (Å²) in [4.78, 5) is 27.8. The van der Waals surface area contributed by atoms with E-state index in [1.807, 2.05) is 6.92 Å². The van der Waals surface area contributed by atoms with Gasteiger partial charge >= 0.3 is 0 Å². The fourth-order valence-corrected chi connectivity index (χ4v) is 3.54. The number of thiazole rings is 1. The molecule has 0 radical (unpaired) electrons. The van der Waals surface area contributed by atoms with Gasteiger partial charge in [0, 0.05) is 28.7 Å². The van der Waals surface area contributed by atoms with Crippen LogP contribution in [0.5, 0.6) is 11.5 Å². The third-order valence-corrected chi connectivity index (χ3v) is 5.29. The first-order chi connectivity index (χ1) is 14.0. The molecule has 0 saturated heterocycles. The second-order valence-electron chi connectivity index (χ2n) is 6.61. The highest BCUT2D eigenvalue weighted by molar-refractivity contribution is 7.09. The lowest BCUT2D eigenvalue weighted by Gasteiger charge is -2.08. The fraction of sp³-hybridized carbons (Fsp3) is 0.227. The lowest BCUT2D eigenvalue weighted by Crippen LogP contribution is -2.24. The molecule has 0 spiro atoms. The molecule has 29 heavy (non-hydrogen) atoms. The summed E-state index contributed by atoms with van der Waals surface area (Å²) >= 11 is 1.68. The molecule has 3 rings (SSSR count). The molecule has 0 atom stereocenters. The molecule has 0 saturated carbocycles. The molecule has 150 valence electrons. The highest BCUT2D eigenvalue weighted by Crippen LogP contribution is 2.22. The van der Waals surface area contributed by atoms with Crippen LogP contribution in [0.15, 0.2) is 53.9 Å². The summed E-state index contributed by atoms with van der Waals surface area (Å²) in [5, 5.41) is 6.14. The molecular formula is C22H23N3O3S. The Morgan fingerprint density at radius 1 is 1.00 bits per heavy atom. The van der Waals surface area contributed by atoms with E-state index in [1.165, 1.54) is 0 Å². The Kier molecular flexibility index (Phi) is 6.97. The van der Waals surface area contributed by atoms with Crippen LogP contribution in [0, 0.1) is 6.92 Å². The van der Waals surface area contributed by atoms with Gasteiger partial charge in [-0.15, -0.1) is 11.3 Å². The van der Waals surface area contributed by atoms with Gasteiger partial charge in [-0.2, -0.15) is 0 Å². The Morgan fingerprint density at radius 3 is 2.17 bits per heavy atom. The second kappa shape index (κ2) is 9.84. The molecule has 0 fully saturated rings. The van der Waals surface area contributed by atoms with Crippen LogP contribution in [0.1, 0.15) is 44.3 Å². The van der Waals surface area contributed by atoms with Gasteiger partial charge in [-0.05, 0) is 74.7 Å². The lowest BCUT2D eigenvalue weighted by atomic mass is 10.2. The summed E-state index contributed by atoms with van der Waals surface area (Å²) in [6, 6.07) is 13.5. The van der Waals surface area contributed by atoms with Crippen molar-refractivity contribution in [1.29, 1.82) is 0 Å². The largest absolute Gasteiger partial charge is 0.457 e. The normalized spacial score (nSPS) is 10.5. The first kappa shape index (κ1) is 20.5. The minimum Gasteiger partial charge on any atom is -0.457 e. The summed E-state index contributed by atoms with van der Waals surface area (Å²) in [7, 11) is 0. The first-order valence-electron chi connectivity index (χ1n) is 9.38. The summed E-state index contributed by atoms with van der Waals surface area (Å²) < 4.78 is 5.72. The van der Waals surface area contributed by atoms with Crippen molar-refractivity contribution in [3.8, 4) is 11.5 Å². The Bertz CT molecular complexity index is 966. The number of nitrogens with one attached hydrogen (secondary N) is 1. The zero-order valence-corrected chi connectivity index (χ0v) is 17.0. The smallest absolute Gasteiger partial charge is 0.251 e. The van der Waals surface area contributed by atoms with Crippen molar-refractivity contribution < 1.29 is 14.3 Å². The maximum absolute atomic E-state index is 12.2. The number of rotatable bonds is 9. The minimum atomic E-state index is -0.481. The van der Waals surface area contributed by atoms with E-state index in [1.54, 1.807) is 59.9 Å². The lowest BCUT2D eigenvalue weighted by molar-refractivity contribution is 0.0951. The number of carbonyl (C=O) groups excluding carboxylic acids is 2. The number of ether oxygens (including phenoxy) is 1. The molecule has 0 aliphatic rings. The third kappa shape index (κ3) is 6.15. The molecule has 0 bridgehead atoms. The average Bonchev–Trinajstić information content (AvgIpc) is 3.13. The van der Waals surface area contributed by atoms with E-state index < -0.39 is 5.91 Å². The zero-order chi connectivity index (χ0) is 20.6. The highest BCUT2D eigenvalue weighted by Gasteiger charge is 2.06. The fourth-order valence-electron chi connectivity index (χ4n) is 2.72. The van der Waals surface area contributed by atoms with Crippen molar-refractivity contribution in [3.63, 3.8) is 0 Å². The predicted molar refractivity (Wildman–Crippen MR) is 114 cm³/mol. The molecular weight excluding hydrogens is 386 g/mol. The summed E-state index contributed by atoms with van der Waals surface area (Å²) in [5.74, 6) is 0.604. The predicted octanol–water partition coefficient (Wildman–Crippen LogP) is 4.10. The maximum Gasteiger partial charge on any atom is 0.251 e. The van der Waals surface area contributed by atoms with Crippen molar-refractivity contribution in [2.24, 2.45) is 5.73 Å². The number of amides is 2. The number of carbonyl (C=O) groups is 2. The molecule has 2 amide bonds. The van der Waals surface area contributed by atoms with Crippen molar-refractivity contribution in [3.05, 3.63) is 75.7 Å². The standard InChI is InChI=1S/C22H23N3O3S/c1-15-14-29-20(25-15)4-2-3-13-24-22(27)17-7-11-19(12-8-17)28-18-9-5-16(6-10-18)21(23)26/h5-12,14H,2-4,13H2,1H3,(H2,23,26)(H,24,27). The molecule has 2 aromatic carbocycles. The molecule has 3 N–H and O–H groups in total. The van der Waals surface area contributed by atoms with Gasteiger partial charge in [-0.1, -0.05) is 0 Å². The van der Waals surface area contributed by atoms with E-state index >= 15 is 0 Å². The number of aryl methyl sites for hydroxylation is 2. The van der Waals surface area contributed by atoms with Crippen molar-refractivity contribution in [2.75, 3.05) is 6.54 Å². The van der Waals surface area contributed by atoms with E-state index in [0.717, 1.165) is 30.0 Å². The maximum atomic E-state index is 12.2. The van der Waals surface area contributed by atoms with Gasteiger partial charge in [0.15, 0.2) is 0 Å². The van der Waals surface area contributed by atoms with E-state index in [4.69, 9.17) is 10.5 Å². The molecule has 3 aromatic rings. The molecule has 0 aliphatic carbocycles. The quantitative estimate of drug-likeness (QED) is 0.520. The van der Waals surface area contributed by atoms with Crippen molar-refractivity contribution in [1.82, 2.24) is 10.3 Å². The third-order valence-electron chi connectivity index (χ3n) is 4.26. The Balaban J connectivity index is 1.42. The van der Waals surface area contributed by atoms with Gasteiger partial charge in [-0.25, -0.2) is 4.98 Å². The van der Waals surface area contributed by atoms with Gasteiger partial charge in [0.2, 0.25) is 5.91 Å². The van der Waals surface area contributed by atoms with Crippen LogP contribution in [-0.4, -0.2) is 23.3 Å². The Morgan fingerprint density at radius 2 is 1.62 bits per heavy atom. The molecule has 0 aliphatic heterocycles. The number of hydrogen-bond acceptors (Lipinski definition) is 5. The van der Waals surface area contributed by atoms with Crippen LogP contribution in [0.4, 0.5) is 0 Å². The van der Waals surface area contributed by atoms with Crippen LogP contribution in [0.2, 0.25) is 0 Å². The average molecular weight is 410 g/mol. The van der Waals surface area contributed by atoms with E-state index in [2.05, 4.69) is 15.7 Å². The van der Waals surface area contributed by atoms with E-state index in [0.29, 0.717) is 29.2 Å². The van der Waals surface area contributed by atoms with Crippen molar-refractivity contribution in [2.45, 2.75) is 26.2 Å². The SMILES string of the molecule is Cc1csc(CCCCNC(=O)c2ccc(Oc3ccc(C(N)=O)cc3)cc2)n1. The summed E-state index contributed by atoms with van der Waals surface area (Å²) in [6.45, 7) is 2.63. The molecule has 1 aromatic heterocycles. The van der Waals surface area contributed by atoms with Crippen LogP contribution >= 0.6 is 11.3 Å². The van der Waals surface area contributed by atoms with Gasteiger partial charge < -0.3 is 15.8 Å². The van der Waals surface area contributed by atoms with Gasteiger partial charge in [0.05, 0.1) is 5.01 Å². The number of nitrogens with two attached hydrogens (primary N) is 1. The number of primary amides is 1. The van der Waals surface area contributed by atoms with Crippen LogP contribution < -0.4 is 15.8 Å². The number of unbranched alkanes of at least 4 members (excludes halogenated alkanes) is 1. The number of aromatic nitrogens is 1. The van der Waals surface area contributed by atoms with Gasteiger partial charge in [0.25, 0.3) is 5.91 Å². The summed E-state index contributed by atoms with van der Waals surface area (Å²) in [6.07, 6.45) is 2.85. The monoisotopic (exact) mass is 409 g/mol. The van der Waals surface area contributed by atoms with E-state index in [-0.39, 0.29) is 5.91 Å². The number of nitrogens with zero attached hydrogens (tertiary/aromatic N) is 1. The topological polar surface area (TPSA) is 94.3 Å². The van der Waals surface area contributed by atoms with E-state index in [9.17, 15) is 9.59 Å². The molecule has 1 heterocycles. The second-order valence-corrected chi connectivity index (χ2v) is 7.55. The molecule has 0 unspecified atom stereocenters. The highest BCUT2D eigenvalue weighted by atomic mass is 32.1. The Hall–Kier alpha value is -3.19. The van der Waals surface area contributed by atoms with Gasteiger partial charge in [0.1, 0.15) is 11.5 Å². The zero-order valence-electron chi connectivity index (χ0n) is 16.2. The molecule has 6 nitrogen and oxygen atoms in total. The van der Waals surface area contributed by atoms with Crippen LogP contribution in [0.25, 0.3) is 0 Å².